The van der Waals surface area contributed by atoms with E-state index in [2.05, 4.69) is 20.9 Å². The smallest absolute Gasteiger partial charge is 0.254 e. The number of amides is 2. The van der Waals surface area contributed by atoms with E-state index in [0.29, 0.717) is 38.3 Å². The molecule has 0 unspecified atom stereocenters. The summed E-state index contributed by atoms with van der Waals surface area (Å²) in [7, 11) is 1.66. The monoisotopic (exact) mass is 361 g/mol. The van der Waals surface area contributed by atoms with Gasteiger partial charge in [0, 0.05) is 38.9 Å². The number of guanidine groups is 1. The fourth-order valence-electron chi connectivity index (χ4n) is 2.53. The highest BCUT2D eigenvalue weighted by molar-refractivity contribution is 5.97. The molecule has 8 nitrogen and oxygen atoms in total. The van der Waals surface area contributed by atoms with Crippen LogP contribution in [0.15, 0.2) is 29.3 Å². The van der Waals surface area contributed by atoms with Crippen LogP contribution in [-0.4, -0.2) is 69.1 Å². The van der Waals surface area contributed by atoms with Crippen LogP contribution in [0.4, 0.5) is 0 Å². The maximum atomic E-state index is 12.4. The molecule has 0 spiro atoms. The molecular formula is C18H27N5O3. The second-order valence-corrected chi connectivity index (χ2v) is 5.89. The highest BCUT2D eigenvalue weighted by atomic mass is 16.5. The van der Waals surface area contributed by atoms with Gasteiger partial charge in [-0.05, 0) is 24.6 Å². The van der Waals surface area contributed by atoms with E-state index in [4.69, 9.17) is 4.74 Å². The Balaban J connectivity index is 1.94. The minimum absolute atomic E-state index is 0.115. The first kappa shape index (κ1) is 19.7. The molecule has 1 aliphatic rings. The fourth-order valence-corrected chi connectivity index (χ4v) is 2.53. The lowest BCUT2D eigenvalue weighted by Gasteiger charge is -2.26. The van der Waals surface area contributed by atoms with Crippen LogP contribution in [-0.2, 0) is 16.1 Å². The van der Waals surface area contributed by atoms with Gasteiger partial charge in [-0.1, -0.05) is 12.1 Å². The van der Waals surface area contributed by atoms with Gasteiger partial charge in [-0.3, -0.25) is 9.59 Å². The summed E-state index contributed by atoms with van der Waals surface area (Å²) in [6.07, 6.45) is 0. The number of carbonyl (C=O) groups excluding carboxylic acids is 2. The molecule has 0 radical (unpaired) electrons. The highest BCUT2D eigenvalue weighted by Gasteiger charge is 2.21. The van der Waals surface area contributed by atoms with Crippen molar-refractivity contribution in [3.63, 3.8) is 0 Å². The van der Waals surface area contributed by atoms with Crippen LogP contribution in [0.25, 0.3) is 0 Å². The van der Waals surface area contributed by atoms with Crippen molar-refractivity contribution in [1.29, 1.82) is 0 Å². The average Bonchev–Trinajstić information content (AvgIpc) is 2.66. The second-order valence-electron chi connectivity index (χ2n) is 5.89. The van der Waals surface area contributed by atoms with Gasteiger partial charge in [0.2, 0.25) is 5.91 Å². The SMILES string of the molecule is CCNC(=NCc1ccc(C(=O)N2CCNC(=O)C2)cc1)NCCOC. The van der Waals surface area contributed by atoms with Gasteiger partial charge in [0.05, 0.1) is 19.7 Å². The Kier molecular flexibility index (Phi) is 7.88. The largest absolute Gasteiger partial charge is 0.383 e. The third-order valence-electron chi connectivity index (χ3n) is 3.89. The summed E-state index contributed by atoms with van der Waals surface area (Å²) in [5.41, 5.74) is 1.58. The molecule has 0 saturated carbocycles. The summed E-state index contributed by atoms with van der Waals surface area (Å²) in [6, 6.07) is 7.34. The Bertz CT molecular complexity index is 630. The molecule has 2 amide bonds. The molecule has 1 aliphatic heterocycles. The quantitative estimate of drug-likeness (QED) is 0.360. The molecule has 1 aromatic rings. The van der Waals surface area contributed by atoms with E-state index >= 15 is 0 Å². The molecule has 8 heteroatoms. The zero-order chi connectivity index (χ0) is 18.8. The zero-order valence-electron chi connectivity index (χ0n) is 15.4. The van der Waals surface area contributed by atoms with Crippen molar-refractivity contribution in [3.8, 4) is 0 Å². The molecule has 1 fully saturated rings. The topological polar surface area (TPSA) is 95.1 Å². The number of nitrogens with one attached hydrogen (secondary N) is 3. The van der Waals surface area contributed by atoms with Crippen molar-refractivity contribution in [2.24, 2.45) is 4.99 Å². The van der Waals surface area contributed by atoms with Crippen LogP contribution in [0.3, 0.4) is 0 Å². The molecule has 1 aromatic carbocycles. The van der Waals surface area contributed by atoms with Crippen LogP contribution >= 0.6 is 0 Å². The first-order valence-corrected chi connectivity index (χ1v) is 8.80. The molecule has 142 valence electrons. The van der Waals surface area contributed by atoms with Crippen molar-refractivity contribution in [2.45, 2.75) is 13.5 Å². The first-order chi connectivity index (χ1) is 12.6. The number of ether oxygens (including phenoxy) is 1. The third-order valence-corrected chi connectivity index (χ3v) is 3.89. The highest BCUT2D eigenvalue weighted by Crippen LogP contribution is 2.09. The Morgan fingerprint density at radius 3 is 2.73 bits per heavy atom. The van der Waals surface area contributed by atoms with Crippen molar-refractivity contribution in [3.05, 3.63) is 35.4 Å². The number of hydrogen-bond donors (Lipinski definition) is 3. The van der Waals surface area contributed by atoms with Gasteiger partial charge in [-0.15, -0.1) is 0 Å². The summed E-state index contributed by atoms with van der Waals surface area (Å²) in [5, 5.41) is 9.07. The van der Waals surface area contributed by atoms with E-state index in [0.717, 1.165) is 18.1 Å². The van der Waals surface area contributed by atoms with E-state index < -0.39 is 0 Å². The summed E-state index contributed by atoms with van der Waals surface area (Å²) in [6.45, 7) is 5.73. The molecule has 0 aromatic heterocycles. The van der Waals surface area contributed by atoms with Crippen molar-refractivity contribution < 1.29 is 14.3 Å². The van der Waals surface area contributed by atoms with Crippen LogP contribution in [0.2, 0.25) is 0 Å². The second kappa shape index (κ2) is 10.4. The van der Waals surface area contributed by atoms with Gasteiger partial charge in [-0.2, -0.15) is 0 Å². The standard InChI is InChI=1S/C18H27N5O3/c1-3-19-18(21-9-11-26-2)22-12-14-4-6-15(7-5-14)17(25)23-10-8-20-16(24)13-23/h4-7H,3,8-13H2,1-2H3,(H,20,24)(H2,19,21,22). The van der Waals surface area contributed by atoms with Gasteiger partial charge in [0.15, 0.2) is 5.96 Å². The van der Waals surface area contributed by atoms with E-state index in [9.17, 15) is 9.59 Å². The number of hydrogen-bond acceptors (Lipinski definition) is 4. The van der Waals surface area contributed by atoms with Gasteiger partial charge in [-0.25, -0.2) is 4.99 Å². The Morgan fingerprint density at radius 2 is 2.08 bits per heavy atom. The molecule has 1 heterocycles. The third kappa shape index (κ3) is 6.03. The Hall–Kier alpha value is -2.61. The minimum Gasteiger partial charge on any atom is -0.383 e. The zero-order valence-corrected chi connectivity index (χ0v) is 15.4. The molecular weight excluding hydrogens is 334 g/mol. The number of aliphatic imine (C=N–C) groups is 1. The van der Waals surface area contributed by atoms with Crippen molar-refractivity contribution in [2.75, 3.05) is 46.4 Å². The van der Waals surface area contributed by atoms with E-state index in [1.165, 1.54) is 0 Å². The predicted octanol–water partition coefficient (Wildman–Crippen LogP) is -0.0399. The molecule has 2 rings (SSSR count). The van der Waals surface area contributed by atoms with Crippen LogP contribution < -0.4 is 16.0 Å². The first-order valence-electron chi connectivity index (χ1n) is 8.80. The molecule has 1 saturated heterocycles. The number of rotatable bonds is 7. The minimum atomic E-state index is -0.121. The summed E-state index contributed by atoms with van der Waals surface area (Å²) < 4.78 is 5.02. The molecule has 3 N–H and O–H groups in total. The Morgan fingerprint density at radius 1 is 1.31 bits per heavy atom. The van der Waals surface area contributed by atoms with E-state index in [-0.39, 0.29) is 18.4 Å². The van der Waals surface area contributed by atoms with Crippen molar-refractivity contribution >= 4 is 17.8 Å². The van der Waals surface area contributed by atoms with Gasteiger partial charge >= 0.3 is 0 Å². The lowest BCUT2D eigenvalue weighted by atomic mass is 10.1. The number of benzene rings is 1. The van der Waals surface area contributed by atoms with Gasteiger partial charge in [0.1, 0.15) is 0 Å². The molecule has 0 bridgehead atoms. The lowest BCUT2D eigenvalue weighted by Crippen LogP contribution is -2.49. The van der Waals surface area contributed by atoms with Crippen LogP contribution in [0.1, 0.15) is 22.8 Å². The maximum Gasteiger partial charge on any atom is 0.254 e. The number of methoxy groups -OCH3 is 1. The predicted molar refractivity (Wildman–Crippen MR) is 100 cm³/mol. The van der Waals surface area contributed by atoms with Crippen LogP contribution in [0.5, 0.6) is 0 Å². The summed E-state index contributed by atoms with van der Waals surface area (Å²) in [4.78, 5) is 29.9. The summed E-state index contributed by atoms with van der Waals surface area (Å²) in [5.74, 6) is 0.487. The number of carbonyl (C=O) groups is 2. The molecule has 26 heavy (non-hydrogen) atoms. The molecule has 0 aliphatic carbocycles. The lowest BCUT2D eigenvalue weighted by molar-refractivity contribution is -0.123. The number of piperazine rings is 1. The van der Waals surface area contributed by atoms with Gasteiger partial charge in [0.25, 0.3) is 5.91 Å². The average molecular weight is 361 g/mol. The van der Waals surface area contributed by atoms with E-state index in [1.54, 1.807) is 24.1 Å². The Labute approximate surface area is 154 Å². The van der Waals surface area contributed by atoms with E-state index in [1.807, 2.05) is 19.1 Å². The summed E-state index contributed by atoms with van der Waals surface area (Å²) >= 11 is 0. The van der Waals surface area contributed by atoms with Crippen molar-refractivity contribution in [1.82, 2.24) is 20.9 Å². The number of nitrogens with zero attached hydrogens (tertiary/aromatic N) is 2. The van der Waals surface area contributed by atoms with Gasteiger partial charge < -0.3 is 25.6 Å². The van der Waals surface area contributed by atoms with Crippen LogP contribution in [0, 0.1) is 0 Å². The maximum absolute atomic E-state index is 12.4. The molecule has 0 atom stereocenters. The normalized spacial score (nSPS) is 14.8. The fraction of sp³-hybridized carbons (Fsp3) is 0.500.